The summed E-state index contributed by atoms with van der Waals surface area (Å²) in [5.74, 6) is 3.82. The molecule has 0 radical (unpaired) electrons. The molecule has 4 aromatic rings. The maximum Gasteiger partial charge on any atom is 0.297 e. The van der Waals surface area contributed by atoms with Crippen LogP contribution in [0.25, 0.3) is 0 Å². The van der Waals surface area contributed by atoms with E-state index in [4.69, 9.17) is 42.5 Å². The van der Waals surface area contributed by atoms with Gasteiger partial charge in [0, 0.05) is 0 Å². The monoisotopic (exact) mass is 826 g/mol. The van der Waals surface area contributed by atoms with Crippen LogP contribution in [0.4, 0.5) is 0 Å². The Hall–Kier alpha value is -4.31. The van der Waals surface area contributed by atoms with E-state index in [0.717, 1.165) is 45.3 Å². The van der Waals surface area contributed by atoms with Crippen LogP contribution in [-0.4, -0.2) is 90.0 Å². The molecule has 312 valence electrons. The molecule has 12 nitrogen and oxygen atoms in total. The fraction of sp³-hybridized carbons (Fsp3) is 0.442. The van der Waals surface area contributed by atoms with Crippen LogP contribution in [0.1, 0.15) is 43.0 Å². The minimum atomic E-state index is -3.61. The first-order valence-electron chi connectivity index (χ1n) is 18.9. The zero-order valence-electron chi connectivity index (χ0n) is 34.4. The molecule has 1 fully saturated rings. The van der Waals surface area contributed by atoms with Crippen molar-refractivity contribution < 1.29 is 56.0 Å². The van der Waals surface area contributed by atoms with Crippen molar-refractivity contribution in [1.82, 2.24) is 0 Å². The van der Waals surface area contributed by atoms with E-state index < -0.39 is 18.4 Å². The number of aryl methyl sites for hydroxylation is 4. The number of phenols is 1. The Labute approximate surface area is 338 Å². The summed E-state index contributed by atoms with van der Waals surface area (Å²) in [5, 5.41) is 27.7. The topological polar surface area (TPSA) is 163 Å². The molecular weight excluding hydrogens is 769 g/mol. The number of aliphatic hydroxyl groups excluding tert-OH is 2. The van der Waals surface area contributed by atoms with Crippen molar-refractivity contribution in [1.29, 1.82) is 0 Å². The van der Waals surface area contributed by atoms with E-state index >= 15 is 0 Å². The number of hydrogen-bond acceptors (Lipinski definition) is 12. The molecule has 57 heavy (non-hydrogen) atoms. The van der Waals surface area contributed by atoms with Crippen molar-refractivity contribution in [2.75, 3.05) is 39.6 Å². The third-order valence-electron chi connectivity index (χ3n) is 9.45. The molecule has 3 N–H and O–H groups in total. The number of ether oxygens (including phenoxy) is 5. The minimum Gasteiger partial charge on any atom is -0.541 e. The Morgan fingerprint density at radius 1 is 0.667 bits per heavy atom. The predicted molar refractivity (Wildman–Crippen MR) is 221 cm³/mol. The summed E-state index contributed by atoms with van der Waals surface area (Å²) < 4.78 is 60.7. The van der Waals surface area contributed by atoms with E-state index in [2.05, 4.69) is 33.9 Å². The van der Waals surface area contributed by atoms with Crippen LogP contribution in [0.3, 0.4) is 0 Å². The van der Waals surface area contributed by atoms with E-state index in [-0.39, 0.29) is 53.8 Å². The van der Waals surface area contributed by atoms with Crippen molar-refractivity contribution in [3.63, 3.8) is 0 Å². The molecule has 1 unspecified atom stereocenters. The van der Waals surface area contributed by atoms with Crippen LogP contribution >= 0.6 is 0 Å². The molecule has 3 heterocycles. The third kappa shape index (κ3) is 13.9. The molecule has 3 aliphatic heterocycles. The van der Waals surface area contributed by atoms with Gasteiger partial charge in [-0.3, -0.25) is 4.18 Å². The molecule has 0 saturated carbocycles. The first kappa shape index (κ1) is 45.4. The van der Waals surface area contributed by atoms with E-state index in [9.17, 15) is 13.5 Å². The summed E-state index contributed by atoms with van der Waals surface area (Å²) in [4.78, 5) is 0.189. The SMILES string of the molecule is Cc1ccc(O[Si](C)(C)C(C)(C)C)c(O)c1.Cc1ccc(S(=O)(=O)OCC2CO2)cc1.Cc1ccc2c(c1)OC[C@@H](CO)O2.Cc1ccc2c(c1)OC[C@@H](CO)O2. The number of hydrogen-bond donors (Lipinski definition) is 3. The van der Waals surface area contributed by atoms with Crippen LogP contribution < -0.4 is 23.4 Å². The lowest BCUT2D eigenvalue weighted by molar-refractivity contribution is 0.0456. The van der Waals surface area contributed by atoms with Gasteiger partial charge in [0.2, 0.25) is 0 Å². The second kappa shape index (κ2) is 19.9. The normalized spacial score (nSPS) is 18.0. The Bertz CT molecular complexity index is 1940. The summed E-state index contributed by atoms with van der Waals surface area (Å²) in [6.07, 6.45) is -0.504. The highest BCUT2D eigenvalue weighted by atomic mass is 32.2. The number of fused-ring (bicyclic) bond motifs is 2. The smallest absolute Gasteiger partial charge is 0.297 e. The van der Waals surface area contributed by atoms with Gasteiger partial charge in [0.05, 0.1) is 31.3 Å². The van der Waals surface area contributed by atoms with Crippen LogP contribution in [0, 0.1) is 27.7 Å². The third-order valence-corrected chi connectivity index (χ3v) is 15.1. The Morgan fingerprint density at radius 3 is 1.56 bits per heavy atom. The average Bonchev–Trinajstić information content (AvgIpc) is 4.00. The van der Waals surface area contributed by atoms with Crippen molar-refractivity contribution in [2.45, 2.75) is 89.8 Å². The van der Waals surface area contributed by atoms with E-state index in [1.807, 2.05) is 76.2 Å². The fourth-order valence-electron chi connectivity index (χ4n) is 4.87. The largest absolute Gasteiger partial charge is 0.541 e. The molecule has 0 amide bonds. The van der Waals surface area contributed by atoms with Gasteiger partial charge < -0.3 is 43.4 Å². The van der Waals surface area contributed by atoms with Crippen molar-refractivity contribution in [3.05, 3.63) is 101 Å². The van der Waals surface area contributed by atoms with Crippen LogP contribution in [0.5, 0.6) is 34.5 Å². The quantitative estimate of drug-likeness (QED) is 0.0916. The molecule has 0 aromatic heterocycles. The van der Waals surface area contributed by atoms with Gasteiger partial charge in [0.25, 0.3) is 18.4 Å². The minimum absolute atomic E-state index is 0.00663. The molecule has 0 aliphatic carbocycles. The number of aromatic hydroxyl groups is 1. The average molecular weight is 827 g/mol. The summed E-state index contributed by atoms with van der Waals surface area (Å²) in [6, 6.07) is 23.6. The lowest BCUT2D eigenvalue weighted by atomic mass is 10.2. The molecule has 3 atom stereocenters. The molecule has 0 spiro atoms. The summed E-state index contributed by atoms with van der Waals surface area (Å²) in [7, 11) is -5.47. The van der Waals surface area contributed by atoms with E-state index in [1.54, 1.807) is 30.3 Å². The van der Waals surface area contributed by atoms with Crippen molar-refractivity contribution in [3.8, 4) is 34.5 Å². The molecule has 3 aliphatic rings. The number of rotatable bonds is 8. The van der Waals surface area contributed by atoms with Gasteiger partial charge in [-0.2, -0.15) is 8.42 Å². The van der Waals surface area contributed by atoms with Crippen LogP contribution in [0.15, 0.2) is 83.8 Å². The fourth-order valence-corrected chi connectivity index (χ4v) is 6.83. The molecule has 4 aromatic carbocycles. The second-order valence-corrected chi connectivity index (χ2v) is 22.0. The first-order chi connectivity index (χ1) is 26.8. The predicted octanol–water partition coefficient (Wildman–Crippen LogP) is 7.44. The van der Waals surface area contributed by atoms with Crippen molar-refractivity contribution in [2.24, 2.45) is 0 Å². The zero-order valence-corrected chi connectivity index (χ0v) is 36.2. The van der Waals surface area contributed by atoms with Gasteiger partial charge in [-0.15, -0.1) is 0 Å². The highest BCUT2D eigenvalue weighted by Gasteiger charge is 2.39. The number of aliphatic hydroxyl groups is 2. The maximum absolute atomic E-state index is 11.6. The molecule has 14 heteroatoms. The van der Waals surface area contributed by atoms with Gasteiger partial charge in [0.1, 0.15) is 25.1 Å². The number of benzene rings is 4. The summed E-state index contributed by atoms with van der Waals surface area (Å²) in [5.41, 5.74) is 4.34. The maximum atomic E-state index is 11.6. The zero-order chi connectivity index (χ0) is 42.0. The standard InChI is InChI=1S/C13H22O2Si.C10H12O4S.2C10H12O3/c1-10-7-8-12(11(14)9-10)15-16(5,6)13(2,3)4;1-8-2-4-10(5-3-8)15(11,12)14-7-9-6-13-9;2*1-7-2-3-9-10(4-7)12-6-8(5-11)13-9/h7-9,14H,1-6H3;2-5,9H,6-7H2,1H3;2*2-4,8,11H,5-6H2,1H3/t;;2*8-/m..11/s1. The molecule has 1 saturated heterocycles. The Balaban J connectivity index is 0.000000169. The first-order valence-corrected chi connectivity index (χ1v) is 23.2. The summed E-state index contributed by atoms with van der Waals surface area (Å²) in [6.45, 7) is 20.3. The van der Waals surface area contributed by atoms with E-state index in [1.165, 1.54) is 0 Å². The second-order valence-electron chi connectivity index (χ2n) is 15.7. The molecular formula is C43H58O12SSi. The van der Waals surface area contributed by atoms with Gasteiger partial charge >= 0.3 is 0 Å². The molecule has 0 bridgehead atoms. The van der Waals surface area contributed by atoms with Crippen molar-refractivity contribution >= 4 is 18.4 Å². The lowest BCUT2D eigenvalue weighted by Gasteiger charge is -2.36. The molecule has 7 rings (SSSR count). The lowest BCUT2D eigenvalue weighted by Crippen LogP contribution is -2.43. The van der Waals surface area contributed by atoms with Gasteiger partial charge in [-0.05, 0) is 111 Å². The highest BCUT2D eigenvalue weighted by Crippen LogP contribution is 2.40. The van der Waals surface area contributed by atoms with Gasteiger partial charge in [0.15, 0.2) is 41.0 Å². The highest BCUT2D eigenvalue weighted by molar-refractivity contribution is 7.86. The van der Waals surface area contributed by atoms with Gasteiger partial charge in [-0.1, -0.05) is 56.7 Å². The van der Waals surface area contributed by atoms with Crippen LogP contribution in [0.2, 0.25) is 18.1 Å². The Kier molecular flexibility index (Phi) is 15.8. The van der Waals surface area contributed by atoms with E-state index in [0.29, 0.717) is 25.6 Å². The number of epoxide rings is 1. The number of phenolic OH excluding ortho intramolecular Hbond substituents is 1. The Morgan fingerprint density at radius 2 is 1.12 bits per heavy atom. The van der Waals surface area contributed by atoms with Gasteiger partial charge in [-0.25, -0.2) is 0 Å². The van der Waals surface area contributed by atoms with Crippen LogP contribution in [-0.2, 0) is 19.0 Å². The summed E-state index contributed by atoms with van der Waals surface area (Å²) >= 11 is 0.